The van der Waals surface area contributed by atoms with E-state index in [0.717, 1.165) is 5.69 Å². The monoisotopic (exact) mass is 366 g/mol. The minimum atomic E-state index is -0.393. The first-order valence-corrected chi connectivity index (χ1v) is 8.96. The second-order valence-corrected chi connectivity index (χ2v) is 7.56. The number of imide groups is 1. The van der Waals surface area contributed by atoms with Crippen LogP contribution in [0.15, 0.2) is 54.2 Å². The average Bonchev–Trinajstić information content (AvgIpc) is 2.85. The van der Waals surface area contributed by atoms with Crippen LogP contribution in [0.2, 0.25) is 0 Å². The zero-order valence-electron chi connectivity index (χ0n) is 16.0. The molecule has 1 aliphatic rings. The predicted molar refractivity (Wildman–Crippen MR) is 104 cm³/mol. The summed E-state index contributed by atoms with van der Waals surface area (Å²) in [6, 6.07) is 13.4. The maximum absolute atomic E-state index is 13.3. The maximum Gasteiger partial charge on any atom is 0.278 e. The molecule has 2 amide bonds. The highest BCUT2D eigenvalue weighted by Crippen LogP contribution is 2.31. The van der Waals surface area contributed by atoms with E-state index < -0.39 is 5.82 Å². The number of halogens is 1. The van der Waals surface area contributed by atoms with E-state index in [1.54, 1.807) is 6.92 Å². The Morgan fingerprint density at radius 2 is 1.52 bits per heavy atom. The van der Waals surface area contributed by atoms with Crippen molar-refractivity contribution in [3.8, 4) is 0 Å². The normalized spacial score (nSPS) is 14.9. The highest BCUT2D eigenvalue weighted by Gasteiger charge is 2.38. The van der Waals surface area contributed by atoms with Crippen LogP contribution in [0.1, 0.15) is 38.8 Å². The fourth-order valence-corrected chi connectivity index (χ4v) is 3.06. The van der Waals surface area contributed by atoms with Gasteiger partial charge in [-0.15, -0.1) is 0 Å². The van der Waals surface area contributed by atoms with Gasteiger partial charge in [0.1, 0.15) is 11.5 Å². The minimum Gasteiger partial charge on any atom is -0.350 e. The third-order valence-corrected chi connectivity index (χ3v) is 4.64. The van der Waals surface area contributed by atoms with Crippen molar-refractivity contribution in [2.75, 3.05) is 11.9 Å². The second-order valence-electron chi connectivity index (χ2n) is 7.56. The van der Waals surface area contributed by atoms with Gasteiger partial charge in [-0.05, 0) is 47.7 Å². The van der Waals surface area contributed by atoms with Crippen LogP contribution >= 0.6 is 0 Å². The highest BCUT2D eigenvalue weighted by atomic mass is 19.1. The molecule has 0 radical (unpaired) electrons. The van der Waals surface area contributed by atoms with Crippen molar-refractivity contribution in [1.82, 2.24) is 4.90 Å². The van der Waals surface area contributed by atoms with E-state index in [0.29, 0.717) is 5.56 Å². The number of nitrogens with zero attached hydrogens (tertiary/aromatic N) is 1. The van der Waals surface area contributed by atoms with E-state index in [2.05, 4.69) is 26.1 Å². The van der Waals surface area contributed by atoms with Gasteiger partial charge < -0.3 is 5.32 Å². The number of likely N-dealkylation sites (N-methyl/N-ethyl adjacent to an activating group) is 1. The van der Waals surface area contributed by atoms with Crippen molar-refractivity contribution in [3.63, 3.8) is 0 Å². The second kappa shape index (κ2) is 6.99. The standard InChI is InChI=1S/C22H23FN2O2/c1-5-25-20(26)18(14-6-10-16(23)11-7-14)19(21(25)27)24-17-12-8-15(9-13-17)22(2,3)4/h6-13,24H,5H2,1-4H3. The summed E-state index contributed by atoms with van der Waals surface area (Å²) >= 11 is 0. The summed E-state index contributed by atoms with van der Waals surface area (Å²) in [5, 5.41) is 3.10. The van der Waals surface area contributed by atoms with E-state index in [1.807, 2.05) is 24.3 Å². The minimum absolute atomic E-state index is 0.0230. The molecule has 4 nitrogen and oxygen atoms in total. The zero-order chi connectivity index (χ0) is 19.8. The lowest BCUT2D eigenvalue weighted by molar-refractivity contribution is -0.136. The molecule has 2 aromatic rings. The summed E-state index contributed by atoms with van der Waals surface area (Å²) in [7, 11) is 0. The topological polar surface area (TPSA) is 49.4 Å². The summed E-state index contributed by atoms with van der Waals surface area (Å²) < 4.78 is 13.3. The maximum atomic E-state index is 13.3. The van der Waals surface area contributed by atoms with Crippen LogP contribution in [-0.2, 0) is 15.0 Å². The summed E-state index contributed by atoms with van der Waals surface area (Å²) in [5.74, 6) is -1.14. The molecule has 0 aliphatic carbocycles. The van der Waals surface area contributed by atoms with Crippen LogP contribution in [0.4, 0.5) is 10.1 Å². The SMILES string of the molecule is CCN1C(=O)C(Nc2ccc(C(C)(C)C)cc2)=C(c2ccc(F)cc2)C1=O. The van der Waals surface area contributed by atoms with Crippen LogP contribution in [0.3, 0.4) is 0 Å². The lowest BCUT2D eigenvalue weighted by Gasteiger charge is -2.19. The molecule has 0 aromatic heterocycles. The summed E-state index contributed by atoms with van der Waals surface area (Å²) in [6.45, 7) is 8.41. The van der Waals surface area contributed by atoms with Crippen molar-refractivity contribution in [2.45, 2.75) is 33.1 Å². The Morgan fingerprint density at radius 3 is 2.04 bits per heavy atom. The Morgan fingerprint density at radius 1 is 0.926 bits per heavy atom. The molecule has 0 saturated heterocycles. The number of carbonyl (C=O) groups excluding carboxylic acids is 2. The zero-order valence-corrected chi connectivity index (χ0v) is 16.0. The number of anilines is 1. The van der Waals surface area contributed by atoms with Crippen LogP contribution in [-0.4, -0.2) is 23.3 Å². The molecule has 1 heterocycles. The number of rotatable bonds is 4. The average molecular weight is 366 g/mol. The van der Waals surface area contributed by atoms with E-state index in [1.165, 1.54) is 34.7 Å². The largest absolute Gasteiger partial charge is 0.350 e. The first kappa shape index (κ1) is 18.8. The molecule has 27 heavy (non-hydrogen) atoms. The lowest BCUT2D eigenvalue weighted by Crippen LogP contribution is -2.32. The molecule has 0 spiro atoms. The van der Waals surface area contributed by atoms with Gasteiger partial charge in [-0.3, -0.25) is 14.5 Å². The Labute approximate surface area is 158 Å². The van der Waals surface area contributed by atoms with Gasteiger partial charge >= 0.3 is 0 Å². The fourth-order valence-electron chi connectivity index (χ4n) is 3.06. The van der Waals surface area contributed by atoms with Gasteiger partial charge in [-0.2, -0.15) is 0 Å². The van der Waals surface area contributed by atoms with Gasteiger partial charge in [-0.25, -0.2) is 4.39 Å². The van der Waals surface area contributed by atoms with Crippen molar-refractivity contribution in [3.05, 3.63) is 71.2 Å². The van der Waals surface area contributed by atoms with Gasteiger partial charge in [0.25, 0.3) is 11.8 Å². The van der Waals surface area contributed by atoms with Gasteiger partial charge in [0.05, 0.1) is 5.57 Å². The molecule has 0 atom stereocenters. The molecule has 0 saturated carbocycles. The Hall–Kier alpha value is -2.95. The summed E-state index contributed by atoms with van der Waals surface area (Å²) in [6.07, 6.45) is 0. The molecule has 3 rings (SSSR count). The first-order valence-electron chi connectivity index (χ1n) is 8.96. The fraction of sp³-hybridized carbons (Fsp3) is 0.273. The number of benzene rings is 2. The van der Waals surface area contributed by atoms with Crippen LogP contribution in [0.5, 0.6) is 0 Å². The van der Waals surface area contributed by atoms with Gasteiger partial charge in [0, 0.05) is 12.2 Å². The number of hydrogen-bond acceptors (Lipinski definition) is 3. The van der Waals surface area contributed by atoms with E-state index >= 15 is 0 Å². The molecule has 5 heteroatoms. The molecular formula is C22H23FN2O2. The van der Waals surface area contributed by atoms with Crippen molar-refractivity contribution < 1.29 is 14.0 Å². The number of carbonyl (C=O) groups is 2. The quantitative estimate of drug-likeness (QED) is 0.819. The van der Waals surface area contributed by atoms with Crippen molar-refractivity contribution in [1.29, 1.82) is 0 Å². The molecule has 0 unspecified atom stereocenters. The van der Waals surface area contributed by atoms with Crippen molar-refractivity contribution in [2.24, 2.45) is 0 Å². The first-order chi connectivity index (χ1) is 12.7. The van der Waals surface area contributed by atoms with Gasteiger partial charge in [0.15, 0.2) is 0 Å². The predicted octanol–water partition coefficient (Wildman–Crippen LogP) is 4.34. The Balaban J connectivity index is 2.01. The van der Waals surface area contributed by atoms with Crippen LogP contribution in [0, 0.1) is 5.82 Å². The van der Waals surface area contributed by atoms with Crippen LogP contribution in [0.25, 0.3) is 5.57 Å². The number of hydrogen-bond donors (Lipinski definition) is 1. The molecule has 1 N–H and O–H groups in total. The van der Waals surface area contributed by atoms with Gasteiger partial charge in [0.2, 0.25) is 0 Å². The molecule has 2 aromatic carbocycles. The molecule has 0 bridgehead atoms. The number of amides is 2. The molecule has 0 fully saturated rings. The third kappa shape index (κ3) is 3.63. The van der Waals surface area contributed by atoms with Crippen molar-refractivity contribution >= 4 is 23.1 Å². The molecular weight excluding hydrogens is 343 g/mol. The van der Waals surface area contributed by atoms with E-state index in [9.17, 15) is 14.0 Å². The molecule has 1 aliphatic heterocycles. The Kier molecular flexibility index (Phi) is 4.87. The summed E-state index contributed by atoms with van der Waals surface area (Å²) in [5.41, 5.74) is 2.91. The Bertz CT molecular complexity index is 907. The van der Waals surface area contributed by atoms with E-state index in [-0.39, 0.29) is 35.0 Å². The van der Waals surface area contributed by atoms with Gasteiger partial charge in [-0.1, -0.05) is 45.0 Å². The third-order valence-electron chi connectivity index (χ3n) is 4.64. The van der Waals surface area contributed by atoms with E-state index in [4.69, 9.17) is 0 Å². The summed E-state index contributed by atoms with van der Waals surface area (Å²) in [4.78, 5) is 26.7. The molecule has 140 valence electrons. The lowest BCUT2D eigenvalue weighted by atomic mass is 9.87. The number of nitrogens with one attached hydrogen (secondary N) is 1. The smallest absolute Gasteiger partial charge is 0.278 e. The van der Waals surface area contributed by atoms with Crippen LogP contribution < -0.4 is 5.32 Å². The highest BCUT2D eigenvalue weighted by molar-refractivity contribution is 6.36.